The molecule has 1 aliphatic rings. The van der Waals surface area contributed by atoms with Crippen molar-refractivity contribution in [3.05, 3.63) is 28.8 Å². The molecule has 1 aromatic carbocycles. The average molecular weight is 284 g/mol. The quantitative estimate of drug-likeness (QED) is 0.850. The van der Waals surface area contributed by atoms with Gasteiger partial charge in [0.1, 0.15) is 10.7 Å². The van der Waals surface area contributed by atoms with E-state index in [9.17, 15) is 0 Å². The average Bonchev–Trinajstić information content (AvgIpc) is 2.38. The lowest BCUT2D eigenvalue weighted by molar-refractivity contribution is 0.209. The van der Waals surface area contributed by atoms with E-state index in [1.165, 1.54) is 32.1 Å². The minimum Gasteiger partial charge on any atom is -0.492 e. The summed E-state index contributed by atoms with van der Waals surface area (Å²) >= 11 is 11.1. The molecule has 98 valence electrons. The van der Waals surface area contributed by atoms with Crippen molar-refractivity contribution in [1.29, 1.82) is 0 Å². The monoisotopic (exact) mass is 283 g/mol. The van der Waals surface area contributed by atoms with E-state index >= 15 is 0 Å². The van der Waals surface area contributed by atoms with Gasteiger partial charge in [-0.1, -0.05) is 43.1 Å². The molecule has 0 amide bonds. The molecule has 0 aliphatic heterocycles. The molecule has 0 heterocycles. The van der Waals surface area contributed by atoms with Crippen LogP contribution in [0.2, 0.25) is 5.02 Å². The maximum Gasteiger partial charge on any atom is 0.137 e. The van der Waals surface area contributed by atoms with E-state index in [0.29, 0.717) is 15.9 Å². The lowest BCUT2D eigenvalue weighted by atomic mass is 9.90. The van der Waals surface area contributed by atoms with Gasteiger partial charge in [-0.3, -0.25) is 0 Å². The molecule has 2 nitrogen and oxygen atoms in total. The third-order valence-corrected chi connectivity index (χ3v) is 3.95. The van der Waals surface area contributed by atoms with Gasteiger partial charge < -0.3 is 10.5 Å². The van der Waals surface area contributed by atoms with E-state index in [2.05, 4.69) is 0 Å². The maximum atomic E-state index is 6.15. The second kappa shape index (κ2) is 6.39. The van der Waals surface area contributed by atoms with Crippen LogP contribution in [0.5, 0.6) is 5.75 Å². The fourth-order valence-electron chi connectivity index (χ4n) is 2.33. The minimum atomic E-state index is 0.357. The highest BCUT2D eigenvalue weighted by atomic mass is 35.5. The fourth-order valence-corrected chi connectivity index (χ4v) is 2.69. The van der Waals surface area contributed by atoms with Crippen LogP contribution in [0.25, 0.3) is 0 Å². The van der Waals surface area contributed by atoms with Crippen molar-refractivity contribution in [3.63, 3.8) is 0 Å². The molecule has 0 bridgehead atoms. The van der Waals surface area contributed by atoms with Gasteiger partial charge in [-0.15, -0.1) is 0 Å². The van der Waals surface area contributed by atoms with E-state index in [1.54, 1.807) is 6.07 Å². The summed E-state index contributed by atoms with van der Waals surface area (Å²) in [4.78, 5) is 0.357. The number of thiocarbonyl (C=S) groups is 1. The number of hydrogen-bond acceptors (Lipinski definition) is 2. The number of hydrogen-bond donors (Lipinski definition) is 1. The molecule has 4 heteroatoms. The maximum absolute atomic E-state index is 6.15. The Bertz CT molecular complexity index is 430. The molecule has 0 aromatic heterocycles. The Morgan fingerprint density at radius 1 is 1.33 bits per heavy atom. The summed E-state index contributed by atoms with van der Waals surface area (Å²) in [6, 6.07) is 5.46. The van der Waals surface area contributed by atoms with Crippen LogP contribution in [0.1, 0.15) is 37.7 Å². The zero-order valence-corrected chi connectivity index (χ0v) is 11.9. The molecule has 1 aliphatic carbocycles. The Balaban J connectivity index is 1.94. The van der Waals surface area contributed by atoms with E-state index in [1.807, 2.05) is 12.1 Å². The Hall–Kier alpha value is -0.800. The van der Waals surface area contributed by atoms with Gasteiger partial charge in [-0.05, 0) is 37.0 Å². The first-order chi connectivity index (χ1) is 8.66. The number of nitrogens with two attached hydrogens (primary N) is 1. The largest absolute Gasteiger partial charge is 0.492 e. The minimum absolute atomic E-state index is 0.357. The van der Waals surface area contributed by atoms with Gasteiger partial charge in [0.2, 0.25) is 0 Å². The highest BCUT2D eigenvalue weighted by Crippen LogP contribution is 2.28. The summed E-state index contributed by atoms with van der Waals surface area (Å²) in [6.07, 6.45) is 6.54. The van der Waals surface area contributed by atoms with Crippen molar-refractivity contribution < 1.29 is 4.74 Å². The Kier molecular flexibility index (Phi) is 4.84. The molecule has 18 heavy (non-hydrogen) atoms. The van der Waals surface area contributed by atoms with Gasteiger partial charge in [0.05, 0.1) is 11.6 Å². The Morgan fingerprint density at radius 2 is 2.06 bits per heavy atom. The summed E-state index contributed by atoms with van der Waals surface area (Å²) in [5, 5.41) is 0.580. The van der Waals surface area contributed by atoms with E-state index in [4.69, 9.17) is 34.3 Å². The summed E-state index contributed by atoms with van der Waals surface area (Å²) in [5.41, 5.74) is 6.33. The molecule has 0 atom stereocenters. The second-order valence-electron chi connectivity index (χ2n) is 4.82. The van der Waals surface area contributed by atoms with Crippen molar-refractivity contribution >= 4 is 28.8 Å². The topological polar surface area (TPSA) is 35.2 Å². The first-order valence-electron chi connectivity index (χ1n) is 6.39. The fraction of sp³-hybridized carbons (Fsp3) is 0.500. The molecular formula is C14H18ClNOS. The molecule has 0 saturated heterocycles. The third-order valence-electron chi connectivity index (χ3n) is 3.42. The van der Waals surface area contributed by atoms with Crippen LogP contribution in [0, 0.1) is 5.92 Å². The summed E-state index contributed by atoms with van der Waals surface area (Å²) in [7, 11) is 0. The zero-order valence-electron chi connectivity index (χ0n) is 10.3. The summed E-state index contributed by atoms with van der Waals surface area (Å²) in [5.74, 6) is 1.40. The predicted molar refractivity (Wildman–Crippen MR) is 79.4 cm³/mol. The van der Waals surface area contributed by atoms with Crippen molar-refractivity contribution in [1.82, 2.24) is 0 Å². The third kappa shape index (κ3) is 3.59. The van der Waals surface area contributed by atoms with Crippen LogP contribution < -0.4 is 10.5 Å². The Morgan fingerprint density at radius 3 is 2.67 bits per heavy atom. The van der Waals surface area contributed by atoms with Gasteiger partial charge in [-0.2, -0.15) is 0 Å². The van der Waals surface area contributed by atoms with Crippen molar-refractivity contribution in [2.24, 2.45) is 11.7 Å². The number of halogens is 1. The molecule has 0 radical (unpaired) electrons. The molecule has 1 aromatic rings. The summed E-state index contributed by atoms with van der Waals surface area (Å²) in [6.45, 7) is 0.756. The second-order valence-corrected chi connectivity index (χ2v) is 5.67. The van der Waals surface area contributed by atoms with Crippen molar-refractivity contribution in [2.75, 3.05) is 6.61 Å². The lowest BCUT2D eigenvalue weighted by Crippen LogP contribution is -2.15. The molecule has 2 rings (SSSR count). The molecule has 0 spiro atoms. The zero-order chi connectivity index (χ0) is 13.0. The molecule has 2 N–H and O–H groups in total. The first-order valence-corrected chi connectivity index (χ1v) is 7.17. The van der Waals surface area contributed by atoms with Crippen LogP contribution in [-0.2, 0) is 0 Å². The number of benzene rings is 1. The SMILES string of the molecule is NC(=S)c1ccc(OCC2CCCCC2)c(Cl)c1. The van der Waals surface area contributed by atoms with Crippen LogP contribution in [-0.4, -0.2) is 11.6 Å². The molecular weight excluding hydrogens is 266 g/mol. The highest BCUT2D eigenvalue weighted by Gasteiger charge is 2.14. The van der Waals surface area contributed by atoms with Gasteiger partial charge >= 0.3 is 0 Å². The smallest absolute Gasteiger partial charge is 0.137 e. The van der Waals surface area contributed by atoms with Crippen LogP contribution in [0.15, 0.2) is 18.2 Å². The number of rotatable bonds is 4. The van der Waals surface area contributed by atoms with Gasteiger partial charge in [0.25, 0.3) is 0 Å². The van der Waals surface area contributed by atoms with Crippen LogP contribution in [0.4, 0.5) is 0 Å². The van der Waals surface area contributed by atoms with E-state index < -0.39 is 0 Å². The molecule has 0 unspecified atom stereocenters. The first kappa shape index (κ1) is 13.6. The van der Waals surface area contributed by atoms with Crippen molar-refractivity contribution in [3.8, 4) is 5.75 Å². The van der Waals surface area contributed by atoms with Gasteiger partial charge in [-0.25, -0.2) is 0 Å². The normalized spacial score (nSPS) is 16.5. The van der Waals surface area contributed by atoms with E-state index in [0.717, 1.165) is 17.9 Å². The van der Waals surface area contributed by atoms with Crippen LogP contribution >= 0.6 is 23.8 Å². The van der Waals surface area contributed by atoms with Gasteiger partial charge in [0.15, 0.2) is 0 Å². The standard InChI is InChI=1S/C14H18ClNOS/c15-12-8-11(14(16)18)6-7-13(12)17-9-10-4-2-1-3-5-10/h6-8,10H,1-5,9H2,(H2,16,18). The van der Waals surface area contributed by atoms with Gasteiger partial charge in [0, 0.05) is 5.56 Å². The number of ether oxygens (including phenoxy) is 1. The molecule has 1 saturated carbocycles. The molecule has 1 fully saturated rings. The summed E-state index contributed by atoms with van der Waals surface area (Å²) < 4.78 is 5.79. The van der Waals surface area contributed by atoms with E-state index in [-0.39, 0.29) is 0 Å². The van der Waals surface area contributed by atoms with Crippen molar-refractivity contribution in [2.45, 2.75) is 32.1 Å². The highest BCUT2D eigenvalue weighted by molar-refractivity contribution is 7.80. The van der Waals surface area contributed by atoms with Crippen LogP contribution in [0.3, 0.4) is 0 Å². The predicted octanol–water partition coefficient (Wildman–Crippen LogP) is 3.93. The Labute approximate surface area is 118 Å². The lowest BCUT2D eigenvalue weighted by Gasteiger charge is -2.22.